The number of carbonyl (C=O) groups excluding carboxylic acids is 1. The lowest BCUT2D eigenvalue weighted by Crippen LogP contribution is -2.51. The fourth-order valence-electron chi connectivity index (χ4n) is 9.84. The Balaban J connectivity index is 0.974. The highest BCUT2D eigenvalue weighted by Gasteiger charge is 2.68. The fourth-order valence-corrected chi connectivity index (χ4v) is 9.84. The predicted octanol–water partition coefficient (Wildman–Crippen LogP) is 7.40. The third-order valence-electron chi connectivity index (χ3n) is 11.9. The number of carbonyl (C=O) groups is 1. The maximum Gasteiger partial charge on any atom is 0.218 e. The van der Waals surface area contributed by atoms with Crippen LogP contribution in [0.3, 0.4) is 0 Å². The Morgan fingerprint density at radius 2 is 1.83 bits per heavy atom. The Labute approximate surface area is 282 Å². The van der Waals surface area contributed by atoms with Crippen LogP contribution < -0.4 is 9.47 Å². The molecule has 48 heavy (non-hydrogen) atoms. The number of rotatable bonds is 10. The normalized spacial score (nSPS) is 26.9. The van der Waals surface area contributed by atoms with Gasteiger partial charge in [0.15, 0.2) is 11.5 Å². The van der Waals surface area contributed by atoms with Crippen molar-refractivity contribution in [2.75, 3.05) is 20.3 Å². The Hall–Kier alpha value is -4.01. The molecule has 3 aromatic carbocycles. The number of nitrogens with zero attached hydrogens (tertiary/aromatic N) is 3. The van der Waals surface area contributed by atoms with E-state index >= 15 is 0 Å². The van der Waals surface area contributed by atoms with E-state index in [1.807, 2.05) is 22.9 Å². The third-order valence-corrected chi connectivity index (χ3v) is 11.9. The summed E-state index contributed by atoms with van der Waals surface area (Å²) < 4.78 is 26.6. The van der Waals surface area contributed by atoms with E-state index < -0.39 is 5.79 Å². The average molecular weight is 648 g/mol. The lowest BCUT2D eigenvalue weighted by molar-refractivity contribution is -0.237. The second-order valence-corrected chi connectivity index (χ2v) is 14.4. The first-order valence-electron chi connectivity index (χ1n) is 17.6. The van der Waals surface area contributed by atoms with E-state index in [2.05, 4.69) is 59.7 Å². The average Bonchev–Trinajstić information content (AvgIpc) is 3.86. The van der Waals surface area contributed by atoms with E-state index in [0.717, 1.165) is 44.3 Å². The van der Waals surface area contributed by atoms with Gasteiger partial charge in [-0.15, -0.1) is 5.10 Å². The standard InChI is InChI=1S/C40H45N3O5/c1-39-19-18-32-31-17-15-30(46-26-27-9-4-3-5-10-27)23-28(31)14-16-33(32)37(39)29(24-40(39)47-21-22-48-40)11-8-20-43-25-35(41-42-43)38(44)34-12-6-7-13-36(34)45-2/h3-7,9-10,12-13,15,17,23,25,29,32-33,37H,8,11,14,16,18-22,24,26H2,1-2H3. The zero-order valence-electron chi connectivity index (χ0n) is 28.0. The Morgan fingerprint density at radius 3 is 2.67 bits per heavy atom. The van der Waals surface area contributed by atoms with Crippen molar-refractivity contribution in [3.05, 3.63) is 107 Å². The smallest absolute Gasteiger partial charge is 0.218 e. The van der Waals surface area contributed by atoms with Crippen molar-refractivity contribution < 1.29 is 23.7 Å². The van der Waals surface area contributed by atoms with E-state index in [9.17, 15) is 4.79 Å². The molecule has 250 valence electrons. The number of methoxy groups -OCH3 is 1. The van der Waals surface area contributed by atoms with Crippen LogP contribution in [-0.4, -0.2) is 46.9 Å². The summed E-state index contributed by atoms with van der Waals surface area (Å²) in [5.41, 5.74) is 4.98. The molecule has 0 amide bonds. The van der Waals surface area contributed by atoms with Gasteiger partial charge in [0.1, 0.15) is 18.1 Å². The largest absolute Gasteiger partial charge is 0.496 e. The van der Waals surface area contributed by atoms with Crippen LogP contribution in [0.4, 0.5) is 0 Å². The number of aromatic nitrogens is 3. The van der Waals surface area contributed by atoms with Crippen molar-refractivity contribution in [2.24, 2.45) is 23.2 Å². The molecule has 5 atom stereocenters. The minimum atomic E-state index is -0.482. The first-order valence-corrected chi connectivity index (χ1v) is 17.6. The molecule has 0 N–H and O–H groups in total. The molecule has 1 aromatic heterocycles. The number of hydrogen-bond donors (Lipinski definition) is 0. The van der Waals surface area contributed by atoms with Crippen LogP contribution in [-0.2, 0) is 29.0 Å². The number of hydrogen-bond acceptors (Lipinski definition) is 7. The van der Waals surface area contributed by atoms with Crippen LogP contribution in [0.15, 0.2) is 79.0 Å². The summed E-state index contributed by atoms with van der Waals surface area (Å²) in [5, 5.41) is 8.54. The molecular weight excluding hydrogens is 602 g/mol. The molecule has 2 saturated carbocycles. The number of aryl methyl sites for hydroxylation is 2. The van der Waals surface area contributed by atoms with Gasteiger partial charge < -0.3 is 18.9 Å². The van der Waals surface area contributed by atoms with Gasteiger partial charge >= 0.3 is 0 Å². The van der Waals surface area contributed by atoms with Crippen molar-refractivity contribution in [1.82, 2.24) is 15.0 Å². The molecule has 1 aliphatic heterocycles. The molecule has 1 spiro atoms. The molecule has 1 saturated heterocycles. The van der Waals surface area contributed by atoms with Crippen molar-refractivity contribution in [3.63, 3.8) is 0 Å². The van der Waals surface area contributed by atoms with Gasteiger partial charge in [-0.3, -0.25) is 9.48 Å². The van der Waals surface area contributed by atoms with E-state index in [-0.39, 0.29) is 11.2 Å². The second-order valence-electron chi connectivity index (χ2n) is 14.4. The topological polar surface area (TPSA) is 84.7 Å². The summed E-state index contributed by atoms with van der Waals surface area (Å²) in [5.74, 6) is 3.01. The van der Waals surface area contributed by atoms with Crippen LogP contribution in [0.25, 0.3) is 0 Å². The van der Waals surface area contributed by atoms with Crippen molar-refractivity contribution in [3.8, 4) is 11.5 Å². The van der Waals surface area contributed by atoms with Gasteiger partial charge in [0, 0.05) is 18.4 Å². The number of ether oxygens (including phenoxy) is 4. The van der Waals surface area contributed by atoms with Crippen LogP contribution in [0, 0.1) is 23.2 Å². The van der Waals surface area contributed by atoms with E-state index in [1.54, 1.807) is 25.4 Å². The van der Waals surface area contributed by atoms with Gasteiger partial charge in [0.2, 0.25) is 5.78 Å². The number of ketones is 1. The molecule has 8 nitrogen and oxygen atoms in total. The molecule has 3 fully saturated rings. The van der Waals surface area contributed by atoms with Gasteiger partial charge in [-0.05, 0) is 103 Å². The predicted molar refractivity (Wildman–Crippen MR) is 181 cm³/mol. The van der Waals surface area contributed by atoms with E-state index in [0.29, 0.717) is 67.0 Å². The molecule has 0 bridgehead atoms. The molecule has 3 aliphatic carbocycles. The highest BCUT2D eigenvalue weighted by Crippen LogP contribution is 2.68. The maximum atomic E-state index is 13.2. The molecule has 4 aromatic rings. The zero-order chi connectivity index (χ0) is 32.7. The van der Waals surface area contributed by atoms with Gasteiger partial charge in [0.05, 0.1) is 32.1 Å². The van der Waals surface area contributed by atoms with E-state index in [4.69, 9.17) is 18.9 Å². The minimum Gasteiger partial charge on any atom is -0.496 e. The summed E-state index contributed by atoms with van der Waals surface area (Å²) in [7, 11) is 1.57. The Bertz CT molecular complexity index is 1770. The molecule has 4 aliphatic rings. The van der Waals surface area contributed by atoms with Crippen LogP contribution in [0.2, 0.25) is 0 Å². The molecule has 8 rings (SSSR count). The van der Waals surface area contributed by atoms with Crippen LogP contribution in [0.5, 0.6) is 11.5 Å². The molecule has 2 heterocycles. The first-order chi connectivity index (χ1) is 23.5. The first kappa shape index (κ1) is 31.3. The summed E-state index contributed by atoms with van der Waals surface area (Å²) in [6.45, 7) is 5.12. The van der Waals surface area contributed by atoms with E-state index in [1.165, 1.54) is 23.1 Å². The Morgan fingerprint density at radius 1 is 1.02 bits per heavy atom. The summed E-state index contributed by atoms with van der Waals surface area (Å²) in [4.78, 5) is 13.2. The van der Waals surface area contributed by atoms with Gasteiger partial charge in [-0.25, -0.2) is 0 Å². The molecule has 8 heteroatoms. The number of para-hydroxylation sites is 1. The summed E-state index contributed by atoms with van der Waals surface area (Å²) in [6, 6.07) is 24.4. The van der Waals surface area contributed by atoms with Crippen molar-refractivity contribution in [1.29, 1.82) is 0 Å². The third kappa shape index (κ3) is 5.43. The highest BCUT2D eigenvalue weighted by atomic mass is 16.7. The fraction of sp³-hybridized carbons (Fsp3) is 0.475. The molecule has 5 unspecified atom stereocenters. The van der Waals surface area contributed by atoms with Gasteiger partial charge in [0.25, 0.3) is 0 Å². The summed E-state index contributed by atoms with van der Waals surface area (Å²) in [6.07, 6.45) is 9.27. The zero-order valence-corrected chi connectivity index (χ0v) is 28.0. The summed E-state index contributed by atoms with van der Waals surface area (Å²) >= 11 is 0. The van der Waals surface area contributed by atoms with Crippen LogP contribution in [0.1, 0.15) is 84.1 Å². The maximum absolute atomic E-state index is 13.2. The quantitative estimate of drug-likeness (QED) is 0.166. The second kappa shape index (κ2) is 12.8. The highest BCUT2D eigenvalue weighted by molar-refractivity contribution is 6.09. The monoisotopic (exact) mass is 647 g/mol. The van der Waals surface area contributed by atoms with Crippen molar-refractivity contribution >= 4 is 5.78 Å². The molecule has 0 radical (unpaired) electrons. The van der Waals surface area contributed by atoms with Gasteiger partial charge in [-0.1, -0.05) is 60.7 Å². The van der Waals surface area contributed by atoms with Crippen LogP contribution >= 0.6 is 0 Å². The SMILES string of the molecule is COc1ccccc1C(=O)c1cn(CCCC2CC3(OCCO3)C3(C)CCC4c5ccc(OCc6ccccc6)cc5CCC4C23)nn1. The van der Waals surface area contributed by atoms with Crippen molar-refractivity contribution in [2.45, 2.75) is 76.7 Å². The Kier molecular flexibility index (Phi) is 8.33. The molecular formula is C40H45N3O5. The number of fused-ring (bicyclic) bond motifs is 6. The lowest BCUT2D eigenvalue weighted by atomic mass is 9.53. The van der Waals surface area contributed by atoms with Gasteiger partial charge in [-0.2, -0.15) is 0 Å². The minimum absolute atomic E-state index is 0.00679. The lowest BCUT2D eigenvalue weighted by Gasteiger charge is -2.53. The number of benzene rings is 3.